The van der Waals surface area contributed by atoms with Crippen LogP contribution >= 0.6 is 12.4 Å². The number of carbonyl (C=O) groups excluding carboxylic acids is 1. The van der Waals surface area contributed by atoms with Crippen molar-refractivity contribution in [2.45, 2.75) is 25.8 Å². The lowest BCUT2D eigenvalue weighted by Crippen LogP contribution is -2.47. The molecule has 2 heterocycles. The van der Waals surface area contributed by atoms with E-state index in [4.69, 9.17) is 0 Å². The summed E-state index contributed by atoms with van der Waals surface area (Å²) in [5, 5.41) is 11.3. The first-order chi connectivity index (χ1) is 9.69. The minimum Gasteiger partial charge on any atom is -0.337 e. The molecule has 21 heavy (non-hydrogen) atoms. The number of halogens is 1. The van der Waals surface area contributed by atoms with Crippen LogP contribution in [0.15, 0.2) is 18.3 Å². The molecule has 5 nitrogen and oxygen atoms in total. The number of fused-ring (bicyclic) bond motifs is 1. The maximum Gasteiger partial charge on any atom is 0.256 e. The molecule has 1 fully saturated rings. The lowest BCUT2D eigenvalue weighted by atomic mass is 10.0. The molecule has 6 heteroatoms. The summed E-state index contributed by atoms with van der Waals surface area (Å²) >= 11 is 0. The fourth-order valence-corrected chi connectivity index (χ4v) is 2.94. The highest BCUT2D eigenvalue weighted by Gasteiger charge is 2.25. The van der Waals surface area contributed by atoms with Crippen LogP contribution in [-0.4, -0.2) is 47.2 Å². The van der Waals surface area contributed by atoms with E-state index in [2.05, 4.69) is 15.5 Å². The van der Waals surface area contributed by atoms with E-state index in [1.807, 2.05) is 31.0 Å². The minimum atomic E-state index is 0. The number of H-pyrrole nitrogens is 1. The summed E-state index contributed by atoms with van der Waals surface area (Å²) in [6.45, 7) is 3.62. The van der Waals surface area contributed by atoms with Crippen molar-refractivity contribution in [2.24, 2.45) is 0 Å². The van der Waals surface area contributed by atoms with Gasteiger partial charge in [-0.15, -0.1) is 12.4 Å². The molecule has 1 saturated heterocycles. The van der Waals surface area contributed by atoms with Crippen molar-refractivity contribution in [3.05, 3.63) is 29.5 Å². The quantitative estimate of drug-likeness (QED) is 0.893. The number of aryl methyl sites for hydroxylation is 1. The molecular weight excluding hydrogens is 288 g/mol. The first-order valence-corrected chi connectivity index (χ1v) is 7.09. The Kier molecular flexibility index (Phi) is 4.85. The number of likely N-dealkylation sites (tertiary alicyclic amines) is 1. The molecule has 0 spiro atoms. The highest BCUT2D eigenvalue weighted by molar-refractivity contribution is 6.05. The summed E-state index contributed by atoms with van der Waals surface area (Å²) in [6, 6.07) is 4.39. The van der Waals surface area contributed by atoms with Crippen LogP contribution in [0.2, 0.25) is 0 Å². The molecule has 0 radical (unpaired) electrons. The Bertz CT molecular complexity index is 640. The van der Waals surface area contributed by atoms with Gasteiger partial charge in [0.1, 0.15) is 0 Å². The standard InChI is InChI=1S/C15H20N4O.ClH/c1-10-6-11-8-17-18-14(11)13(7-10)15(20)19-5-3-4-12(9-19)16-2;/h6-8,12,16H,3-5,9H2,1-2H3,(H,17,18);1H. The predicted octanol–water partition coefficient (Wildman–Crippen LogP) is 2.12. The van der Waals surface area contributed by atoms with Crippen molar-refractivity contribution in [3.63, 3.8) is 0 Å². The molecule has 0 bridgehead atoms. The van der Waals surface area contributed by atoms with E-state index in [9.17, 15) is 4.79 Å². The van der Waals surface area contributed by atoms with Gasteiger partial charge in [-0.1, -0.05) is 0 Å². The summed E-state index contributed by atoms with van der Waals surface area (Å²) < 4.78 is 0. The molecule has 1 aliphatic heterocycles. The molecular formula is C15H21ClN4O. The number of nitrogens with zero attached hydrogens (tertiary/aromatic N) is 2. The van der Waals surface area contributed by atoms with Gasteiger partial charge in [0, 0.05) is 24.5 Å². The van der Waals surface area contributed by atoms with Crippen LogP contribution in [0.3, 0.4) is 0 Å². The molecule has 1 aromatic heterocycles. The lowest BCUT2D eigenvalue weighted by molar-refractivity contribution is 0.0700. The lowest BCUT2D eigenvalue weighted by Gasteiger charge is -2.32. The second-order valence-electron chi connectivity index (χ2n) is 5.53. The van der Waals surface area contributed by atoms with E-state index in [0.717, 1.165) is 48.0 Å². The van der Waals surface area contributed by atoms with Crippen LogP contribution in [0.4, 0.5) is 0 Å². The summed E-state index contributed by atoms with van der Waals surface area (Å²) in [4.78, 5) is 14.7. The molecule has 1 amide bonds. The number of aromatic amines is 1. The minimum absolute atomic E-state index is 0. The highest BCUT2D eigenvalue weighted by Crippen LogP contribution is 2.22. The first-order valence-electron chi connectivity index (χ1n) is 7.09. The van der Waals surface area contributed by atoms with Gasteiger partial charge in [-0.25, -0.2) is 0 Å². The Morgan fingerprint density at radius 3 is 3.05 bits per heavy atom. The van der Waals surface area contributed by atoms with E-state index in [-0.39, 0.29) is 18.3 Å². The molecule has 0 saturated carbocycles. The van der Waals surface area contributed by atoms with Crippen LogP contribution in [-0.2, 0) is 0 Å². The molecule has 1 aliphatic rings. The monoisotopic (exact) mass is 308 g/mol. The molecule has 0 aliphatic carbocycles. The number of hydrogen-bond acceptors (Lipinski definition) is 3. The summed E-state index contributed by atoms with van der Waals surface area (Å²) in [5.41, 5.74) is 2.66. The van der Waals surface area contributed by atoms with Crippen molar-refractivity contribution in [2.75, 3.05) is 20.1 Å². The Morgan fingerprint density at radius 2 is 2.29 bits per heavy atom. The van der Waals surface area contributed by atoms with E-state index in [0.29, 0.717) is 6.04 Å². The van der Waals surface area contributed by atoms with Gasteiger partial charge in [0.25, 0.3) is 5.91 Å². The Labute approximate surface area is 130 Å². The van der Waals surface area contributed by atoms with Gasteiger partial charge in [0.2, 0.25) is 0 Å². The molecule has 2 N–H and O–H groups in total. The van der Waals surface area contributed by atoms with Gasteiger partial charge < -0.3 is 10.2 Å². The molecule has 1 atom stereocenters. The van der Waals surface area contributed by atoms with Gasteiger partial charge in [-0.2, -0.15) is 5.10 Å². The maximum atomic E-state index is 12.8. The normalized spacial score (nSPS) is 18.6. The molecule has 3 rings (SSSR count). The largest absolute Gasteiger partial charge is 0.337 e. The van der Waals surface area contributed by atoms with Crippen molar-refractivity contribution in [3.8, 4) is 0 Å². The third-order valence-corrected chi connectivity index (χ3v) is 4.04. The number of rotatable bonds is 2. The fourth-order valence-electron chi connectivity index (χ4n) is 2.94. The average molecular weight is 309 g/mol. The van der Waals surface area contributed by atoms with Gasteiger partial charge in [0.05, 0.1) is 17.3 Å². The Balaban J connectivity index is 0.00000161. The van der Waals surface area contributed by atoms with Gasteiger partial charge in [-0.05, 0) is 44.5 Å². The Morgan fingerprint density at radius 1 is 1.48 bits per heavy atom. The van der Waals surface area contributed by atoms with E-state index < -0.39 is 0 Å². The average Bonchev–Trinajstić information content (AvgIpc) is 2.93. The van der Waals surface area contributed by atoms with Crippen LogP contribution in [0.1, 0.15) is 28.8 Å². The van der Waals surface area contributed by atoms with Crippen LogP contribution < -0.4 is 5.32 Å². The van der Waals surface area contributed by atoms with E-state index in [1.165, 1.54) is 0 Å². The number of aromatic nitrogens is 2. The SMILES string of the molecule is CNC1CCCN(C(=O)c2cc(C)cc3cn[nH]c23)C1.Cl. The predicted molar refractivity (Wildman–Crippen MR) is 86.1 cm³/mol. The Hall–Kier alpha value is -1.59. The van der Waals surface area contributed by atoms with Crippen LogP contribution in [0, 0.1) is 6.92 Å². The topological polar surface area (TPSA) is 61.0 Å². The molecule has 2 aromatic rings. The van der Waals surface area contributed by atoms with Crippen LogP contribution in [0.25, 0.3) is 10.9 Å². The second-order valence-corrected chi connectivity index (χ2v) is 5.53. The van der Waals surface area contributed by atoms with Crippen LogP contribution in [0.5, 0.6) is 0 Å². The number of amides is 1. The number of nitrogens with one attached hydrogen (secondary N) is 2. The van der Waals surface area contributed by atoms with E-state index in [1.54, 1.807) is 6.20 Å². The second kappa shape index (κ2) is 6.45. The van der Waals surface area contributed by atoms with Gasteiger partial charge in [-0.3, -0.25) is 9.89 Å². The van der Waals surface area contributed by atoms with Crippen molar-refractivity contribution in [1.82, 2.24) is 20.4 Å². The molecule has 114 valence electrons. The zero-order valence-corrected chi connectivity index (χ0v) is 13.2. The summed E-state index contributed by atoms with van der Waals surface area (Å²) in [6.07, 6.45) is 3.95. The number of hydrogen-bond donors (Lipinski definition) is 2. The number of benzene rings is 1. The molecule has 1 aromatic carbocycles. The fraction of sp³-hybridized carbons (Fsp3) is 0.467. The van der Waals surface area contributed by atoms with Crippen molar-refractivity contribution >= 4 is 29.2 Å². The zero-order valence-electron chi connectivity index (χ0n) is 12.3. The first kappa shape index (κ1) is 15.8. The third kappa shape index (κ3) is 3.04. The number of piperidine rings is 1. The van der Waals surface area contributed by atoms with Crippen molar-refractivity contribution < 1.29 is 4.79 Å². The third-order valence-electron chi connectivity index (χ3n) is 4.04. The van der Waals surface area contributed by atoms with Crippen molar-refractivity contribution in [1.29, 1.82) is 0 Å². The number of likely N-dealkylation sites (N-methyl/N-ethyl adjacent to an activating group) is 1. The van der Waals surface area contributed by atoms with Gasteiger partial charge in [0.15, 0.2) is 0 Å². The smallest absolute Gasteiger partial charge is 0.256 e. The van der Waals surface area contributed by atoms with E-state index >= 15 is 0 Å². The summed E-state index contributed by atoms with van der Waals surface area (Å²) in [7, 11) is 1.96. The van der Waals surface area contributed by atoms with Gasteiger partial charge >= 0.3 is 0 Å². The zero-order chi connectivity index (χ0) is 14.1. The maximum absolute atomic E-state index is 12.8. The molecule has 1 unspecified atom stereocenters. The highest BCUT2D eigenvalue weighted by atomic mass is 35.5. The number of carbonyl (C=O) groups is 1. The summed E-state index contributed by atoms with van der Waals surface area (Å²) in [5.74, 6) is 0.0999.